The van der Waals surface area contributed by atoms with E-state index in [9.17, 15) is 9.59 Å². The zero-order valence-corrected chi connectivity index (χ0v) is 9.18. The maximum absolute atomic E-state index is 11.7. The van der Waals surface area contributed by atoms with Crippen molar-refractivity contribution in [2.45, 2.75) is 13.8 Å². The monoisotopic (exact) mass is 222 g/mol. The molecule has 2 atom stereocenters. The summed E-state index contributed by atoms with van der Waals surface area (Å²) in [6.45, 7) is 3.10. The van der Waals surface area contributed by atoms with Gasteiger partial charge in [0.1, 0.15) is 0 Å². The van der Waals surface area contributed by atoms with Gasteiger partial charge >= 0.3 is 5.97 Å². The van der Waals surface area contributed by atoms with Crippen molar-refractivity contribution < 1.29 is 14.7 Å². The van der Waals surface area contributed by atoms with Gasteiger partial charge in [-0.05, 0) is 12.1 Å². The topological polar surface area (TPSA) is 79.3 Å². The van der Waals surface area contributed by atoms with Crippen molar-refractivity contribution in [1.29, 1.82) is 0 Å². The third kappa shape index (κ3) is 3.05. The van der Waals surface area contributed by atoms with E-state index in [1.807, 2.05) is 0 Å². The second-order valence-corrected chi connectivity index (χ2v) is 3.65. The molecule has 0 aliphatic heterocycles. The van der Waals surface area contributed by atoms with Crippen LogP contribution >= 0.6 is 0 Å². The van der Waals surface area contributed by atoms with Gasteiger partial charge in [-0.2, -0.15) is 0 Å². The lowest BCUT2D eigenvalue weighted by atomic mass is 9.95. The number of hydrogen-bond donors (Lipinski definition) is 2. The summed E-state index contributed by atoms with van der Waals surface area (Å²) in [5, 5.41) is 11.4. The highest BCUT2D eigenvalue weighted by molar-refractivity contribution is 5.94. The van der Waals surface area contributed by atoms with Gasteiger partial charge in [0.15, 0.2) is 0 Å². The van der Waals surface area contributed by atoms with E-state index in [0.29, 0.717) is 5.69 Å². The number of carboxylic acids is 1. The number of pyridine rings is 1. The molecule has 0 aliphatic rings. The highest BCUT2D eigenvalue weighted by Gasteiger charge is 2.25. The van der Waals surface area contributed by atoms with Crippen LogP contribution in [0.3, 0.4) is 0 Å². The second kappa shape index (κ2) is 5.25. The molecular weight excluding hydrogens is 208 g/mol. The molecule has 5 nitrogen and oxygen atoms in total. The molecule has 0 fully saturated rings. The Kier molecular flexibility index (Phi) is 3.99. The Morgan fingerprint density at radius 2 is 2.06 bits per heavy atom. The van der Waals surface area contributed by atoms with E-state index < -0.39 is 17.8 Å². The Morgan fingerprint density at radius 3 is 2.56 bits per heavy atom. The maximum atomic E-state index is 11.7. The molecule has 1 amide bonds. The maximum Gasteiger partial charge on any atom is 0.307 e. The summed E-state index contributed by atoms with van der Waals surface area (Å²) >= 11 is 0. The fourth-order valence-electron chi connectivity index (χ4n) is 1.13. The number of nitrogens with one attached hydrogen (secondary N) is 1. The van der Waals surface area contributed by atoms with Crippen LogP contribution < -0.4 is 5.32 Å². The molecule has 2 N–H and O–H groups in total. The van der Waals surface area contributed by atoms with Crippen LogP contribution in [0.4, 0.5) is 5.69 Å². The van der Waals surface area contributed by atoms with Crippen LogP contribution in [0.5, 0.6) is 0 Å². The summed E-state index contributed by atoms with van der Waals surface area (Å²) in [7, 11) is 0. The Bertz CT molecular complexity index is 378. The molecule has 0 saturated heterocycles. The van der Waals surface area contributed by atoms with Gasteiger partial charge in [0, 0.05) is 12.1 Å². The Hall–Kier alpha value is -1.91. The molecule has 0 aromatic carbocycles. The fourth-order valence-corrected chi connectivity index (χ4v) is 1.13. The molecular formula is C11H14N2O3. The lowest BCUT2D eigenvalue weighted by Gasteiger charge is -2.15. The van der Waals surface area contributed by atoms with Crippen molar-refractivity contribution >= 4 is 17.6 Å². The third-order valence-corrected chi connectivity index (χ3v) is 2.48. The molecule has 0 radical (unpaired) electrons. The number of nitrogens with zero attached hydrogens (tertiary/aromatic N) is 1. The SMILES string of the molecule is CC(C(=O)O)C(C)C(=O)Nc1cccnc1. The number of aromatic nitrogens is 1. The predicted octanol–water partition coefficient (Wildman–Crippen LogP) is 1.38. The summed E-state index contributed by atoms with van der Waals surface area (Å²) in [4.78, 5) is 26.2. The minimum atomic E-state index is -0.978. The molecule has 1 aromatic rings. The van der Waals surface area contributed by atoms with E-state index in [2.05, 4.69) is 10.3 Å². The summed E-state index contributed by atoms with van der Waals surface area (Å²) in [6, 6.07) is 3.39. The van der Waals surface area contributed by atoms with Crippen LogP contribution in [0.25, 0.3) is 0 Å². The first-order valence-corrected chi connectivity index (χ1v) is 4.96. The Labute approximate surface area is 93.5 Å². The summed E-state index contributed by atoms with van der Waals surface area (Å²) in [5.74, 6) is -2.59. The quantitative estimate of drug-likeness (QED) is 0.806. The highest BCUT2D eigenvalue weighted by atomic mass is 16.4. The van der Waals surface area contributed by atoms with Crippen LogP contribution in [0.2, 0.25) is 0 Å². The van der Waals surface area contributed by atoms with E-state index in [0.717, 1.165) is 0 Å². The van der Waals surface area contributed by atoms with Gasteiger partial charge in [-0.25, -0.2) is 0 Å². The number of carboxylic acid groups (broad SMARTS) is 1. The van der Waals surface area contributed by atoms with Crippen molar-refractivity contribution in [1.82, 2.24) is 4.98 Å². The minimum absolute atomic E-state index is 0.317. The van der Waals surface area contributed by atoms with Gasteiger partial charge in [-0.1, -0.05) is 13.8 Å². The van der Waals surface area contributed by atoms with E-state index in [4.69, 9.17) is 5.11 Å². The average Bonchev–Trinajstić information content (AvgIpc) is 2.28. The van der Waals surface area contributed by atoms with Gasteiger partial charge in [0.25, 0.3) is 0 Å². The summed E-state index contributed by atoms with van der Waals surface area (Å²) in [5.41, 5.74) is 0.567. The van der Waals surface area contributed by atoms with Crippen LogP contribution in [-0.2, 0) is 9.59 Å². The molecule has 1 aromatic heterocycles. The van der Waals surface area contributed by atoms with Gasteiger partial charge < -0.3 is 10.4 Å². The highest BCUT2D eigenvalue weighted by Crippen LogP contribution is 2.14. The normalized spacial score (nSPS) is 13.9. The smallest absolute Gasteiger partial charge is 0.307 e. The van der Waals surface area contributed by atoms with Gasteiger partial charge in [-0.15, -0.1) is 0 Å². The zero-order valence-electron chi connectivity index (χ0n) is 9.18. The van der Waals surface area contributed by atoms with E-state index in [1.165, 1.54) is 13.1 Å². The molecule has 0 bridgehead atoms. The number of amides is 1. The molecule has 2 unspecified atom stereocenters. The number of rotatable bonds is 4. The van der Waals surface area contributed by atoms with Crippen molar-refractivity contribution in [2.75, 3.05) is 5.32 Å². The molecule has 0 saturated carbocycles. The predicted molar refractivity (Wildman–Crippen MR) is 58.8 cm³/mol. The fraction of sp³-hybridized carbons (Fsp3) is 0.364. The molecule has 0 spiro atoms. The molecule has 1 rings (SSSR count). The first-order valence-electron chi connectivity index (χ1n) is 4.96. The standard InChI is InChI=1S/C11H14N2O3/c1-7(8(2)11(15)16)10(14)13-9-4-3-5-12-6-9/h3-8H,1-2H3,(H,13,14)(H,15,16). The molecule has 86 valence electrons. The Balaban J connectivity index is 2.63. The molecule has 0 aliphatic carbocycles. The average molecular weight is 222 g/mol. The van der Waals surface area contributed by atoms with Crippen molar-refractivity contribution in [2.24, 2.45) is 11.8 Å². The first kappa shape index (κ1) is 12.2. The van der Waals surface area contributed by atoms with Crippen molar-refractivity contribution in [3.8, 4) is 0 Å². The van der Waals surface area contributed by atoms with Crippen molar-refractivity contribution in [3.05, 3.63) is 24.5 Å². The van der Waals surface area contributed by atoms with E-state index in [1.54, 1.807) is 25.3 Å². The van der Waals surface area contributed by atoms with Crippen LogP contribution in [0.1, 0.15) is 13.8 Å². The molecule has 5 heteroatoms. The van der Waals surface area contributed by atoms with E-state index in [-0.39, 0.29) is 5.91 Å². The van der Waals surface area contributed by atoms with Crippen LogP contribution in [0, 0.1) is 11.8 Å². The summed E-state index contributed by atoms with van der Waals surface area (Å²) < 4.78 is 0. The van der Waals surface area contributed by atoms with Crippen molar-refractivity contribution in [3.63, 3.8) is 0 Å². The minimum Gasteiger partial charge on any atom is -0.481 e. The number of anilines is 1. The van der Waals surface area contributed by atoms with Gasteiger partial charge in [0.2, 0.25) is 5.91 Å². The lowest BCUT2D eigenvalue weighted by Crippen LogP contribution is -2.29. The lowest BCUT2D eigenvalue weighted by molar-refractivity contribution is -0.145. The first-order chi connectivity index (χ1) is 7.52. The Morgan fingerprint density at radius 1 is 1.38 bits per heavy atom. The van der Waals surface area contributed by atoms with Gasteiger partial charge in [-0.3, -0.25) is 14.6 Å². The number of carbonyl (C=O) groups is 2. The van der Waals surface area contributed by atoms with Gasteiger partial charge in [0.05, 0.1) is 17.8 Å². The van der Waals surface area contributed by atoms with Crippen LogP contribution in [-0.4, -0.2) is 22.0 Å². The number of hydrogen-bond acceptors (Lipinski definition) is 3. The largest absolute Gasteiger partial charge is 0.481 e. The molecule has 1 heterocycles. The zero-order chi connectivity index (χ0) is 12.1. The number of aliphatic carboxylic acids is 1. The summed E-state index contributed by atoms with van der Waals surface area (Å²) in [6.07, 6.45) is 3.11. The van der Waals surface area contributed by atoms with Crippen LogP contribution in [0.15, 0.2) is 24.5 Å². The van der Waals surface area contributed by atoms with E-state index >= 15 is 0 Å². The molecule has 16 heavy (non-hydrogen) atoms. The number of carbonyl (C=O) groups excluding carboxylic acids is 1. The second-order valence-electron chi connectivity index (χ2n) is 3.65. The third-order valence-electron chi connectivity index (χ3n) is 2.48.